The van der Waals surface area contributed by atoms with Crippen LogP contribution in [0.15, 0.2) is 0 Å². The number of rotatable bonds is 2. The van der Waals surface area contributed by atoms with Gasteiger partial charge in [0, 0.05) is 13.1 Å². The maximum absolute atomic E-state index is 5.20. The minimum atomic E-state index is 0.569. The maximum Gasteiger partial charge on any atom is 0.0685 e. The highest BCUT2D eigenvalue weighted by Crippen LogP contribution is 2.07. The van der Waals surface area contributed by atoms with E-state index in [-0.39, 0.29) is 0 Å². The van der Waals surface area contributed by atoms with Crippen LogP contribution >= 0.6 is 0 Å². The Morgan fingerprint density at radius 1 is 1.22 bits per heavy atom. The molecule has 1 aliphatic rings. The van der Waals surface area contributed by atoms with E-state index in [1.165, 1.54) is 19.3 Å². The summed E-state index contributed by atoms with van der Waals surface area (Å²) >= 11 is 0. The van der Waals surface area contributed by atoms with Gasteiger partial charge in [-0.15, -0.1) is 0 Å². The fourth-order valence-corrected chi connectivity index (χ4v) is 1.12. The zero-order valence-corrected chi connectivity index (χ0v) is 5.81. The largest absolute Gasteiger partial charge is 0.299 e. The lowest BCUT2D eigenvalue weighted by molar-refractivity contribution is -0.158. The molecule has 1 saturated heterocycles. The molecule has 53 valence electrons. The van der Waals surface area contributed by atoms with Crippen LogP contribution in [0.3, 0.4) is 0 Å². The second-order valence-corrected chi connectivity index (χ2v) is 2.32. The first-order valence-electron chi connectivity index (χ1n) is 3.60. The molecule has 0 aliphatic carbocycles. The van der Waals surface area contributed by atoms with Crippen LogP contribution in [0.4, 0.5) is 0 Å². The molecule has 0 unspecified atom stereocenters. The SMILES string of the molecule is [CH2]CON1CCCCC1. The third kappa shape index (κ3) is 2.33. The van der Waals surface area contributed by atoms with Gasteiger partial charge in [0.25, 0.3) is 0 Å². The van der Waals surface area contributed by atoms with E-state index in [4.69, 9.17) is 4.84 Å². The van der Waals surface area contributed by atoms with Crippen LogP contribution in [0.2, 0.25) is 0 Å². The van der Waals surface area contributed by atoms with Crippen LogP contribution in [0.1, 0.15) is 19.3 Å². The third-order valence-corrected chi connectivity index (χ3v) is 1.59. The maximum atomic E-state index is 5.20. The van der Waals surface area contributed by atoms with E-state index in [1.54, 1.807) is 0 Å². The van der Waals surface area contributed by atoms with E-state index in [2.05, 4.69) is 6.92 Å². The molecule has 2 heteroatoms. The molecule has 0 atom stereocenters. The summed E-state index contributed by atoms with van der Waals surface area (Å²) in [6.07, 6.45) is 3.91. The molecule has 0 aromatic heterocycles. The zero-order chi connectivity index (χ0) is 6.53. The van der Waals surface area contributed by atoms with E-state index in [9.17, 15) is 0 Å². The van der Waals surface area contributed by atoms with Crippen molar-refractivity contribution in [2.75, 3.05) is 19.7 Å². The van der Waals surface area contributed by atoms with Crippen LogP contribution in [0, 0.1) is 6.92 Å². The zero-order valence-electron chi connectivity index (χ0n) is 5.81. The average Bonchev–Trinajstić information content (AvgIpc) is 1.91. The minimum absolute atomic E-state index is 0.569. The fourth-order valence-electron chi connectivity index (χ4n) is 1.12. The Balaban J connectivity index is 2.08. The van der Waals surface area contributed by atoms with Crippen molar-refractivity contribution < 1.29 is 4.84 Å². The lowest BCUT2D eigenvalue weighted by Gasteiger charge is -2.24. The number of hydrogen-bond donors (Lipinski definition) is 0. The van der Waals surface area contributed by atoms with Crippen LogP contribution in [-0.4, -0.2) is 24.8 Å². The standard InChI is InChI=1S/C7H14NO/c1-2-9-8-6-4-3-5-7-8/h1-7H2. The van der Waals surface area contributed by atoms with Crippen LogP contribution in [-0.2, 0) is 4.84 Å². The Kier molecular flexibility index (Phi) is 3.01. The fraction of sp³-hybridized carbons (Fsp3) is 0.857. The first-order chi connectivity index (χ1) is 4.43. The van der Waals surface area contributed by atoms with Crippen molar-refractivity contribution in [2.45, 2.75) is 19.3 Å². The van der Waals surface area contributed by atoms with Gasteiger partial charge in [-0.05, 0) is 19.8 Å². The molecule has 0 bridgehead atoms. The second kappa shape index (κ2) is 3.85. The van der Waals surface area contributed by atoms with Crippen molar-refractivity contribution in [1.82, 2.24) is 5.06 Å². The third-order valence-electron chi connectivity index (χ3n) is 1.59. The van der Waals surface area contributed by atoms with Gasteiger partial charge in [0.2, 0.25) is 0 Å². The van der Waals surface area contributed by atoms with Gasteiger partial charge >= 0.3 is 0 Å². The predicted octanol–water partition coefficient (Wildman–Crippen LogP) is 1.24. The van der Waals surface area contributed by atoms with E-state index >= 15 is 0 Å². The van der Waals surface area contributed by atoms with Crippen molar-refractivity contribution in [3.63, 3.8) is 0 Å². The van der Waals surface area contributed by atoms with Crippen molar-refractivity contribution in [2.24, 2.45) is 0 Å². The molecule has 0 spiro atoms. The summed E-state index contributed by atoms with van der Waals surface area (Å²) in [5.41, 5.74) is 0. The monoisotopic (exact) mass is 128 g/mol. The van der Waals surface area contributed by atoms with Crippen LogP contribution in [0.25, 0.3) is 0 Å². The summed E-state index contributed by atoms with van der Waals surface area (Å²) in [5.74, 6) is 0. The molecule has 1 radical (unpaired) electrons. The topological polar surface area (TPSA) is 12.5 Å². The normalized spacial score (nSPS) is 22.3. The lowest BCUT2D eigenvalue weighted by atomic mass is 10.2. The van der Waals surface area contributed by atoms with Gasteiger partial charge in [0.1, 0.15) is 0 Å². The number of hydrogen-bond acceptors (Lipinski definition) is 2. The summed E-state index contributed by atoms with van der Waals surface area (Å²) in [6.45, 7) is 6.37. The van der Waals surface area contributed by atoms with E-state index in [0.29, 0.717) is 6.61 Å². The summed E-state index contributed by atoms with van der Waals surface area (Å²) in [6, 6.07) is 0. The van der Waals surface area contributed by atoms with E-state index in [0.717, 1.165) is 13.1 Å². The molecule has 2 nitrogen and oxygen atoms in total. The van der Waals surface area contributed by atoms with Crippen molar-refractivity contribution in [3.8, 4) is 0 Å². The average molecular weight is 128 g/mol. The molecule has 1 fully saturated rings. The summed E-state index contributed by atoms with van der Waals surface area (Å²) in [7, 11) is 0. The lowest BCUT2D eigenvalue weighted by Crippen LogP contribution is -2.29. The van der Waals surface area contributed by atoms with Crippen LogP contribution < -0.4 is 0 Å². The molecule has 0 N–H and O–H groups in total. The Morgan fingerprint density at radius 3 is 2.44 bits per heavy atom. The minimum Gasteiger partial charge on any atom is -0.299 e. The van der Waals surface area contributed by atoms with E-state index < -0.39 is 0 Å². The molecule has 0 aromatic rings. The smallest absolute Gasteiger partial charge is 0.0685 e. The van der Waals surface area contributed by atoms with Crippen LogP contribution in [0.5, 0.6) is 0 Å². The first-order valence-corrected chi connectivity index (χ1v) is 3.60. The van der Waals surface area contributed by atoms with Gasteiger partial charge in [-0.2, -0.15) is 5.06 Å². The summed E-state index contributed by atoms with van der Waals surface area (Å²) in [5, 5.41) is 2.01. The molecule has 1 aliphatic heterocycles. The predicted molar refractivity (Wildman–Crippen MR) is 36.7 cm³/mol. The number of piperidine rings is 1. The van der Waals surface area contributed by atoms with Gasteiger partial charge in [-0.1, -0.05) is 6.42 Å². The molecule has 0 aromatic carbocycles. The molecule has 9 heavy (non-hydrogen) atoms. The Hall–Kier alpha value is -0.0800. The quantitative estimate of drug-likeness (QED) is 0.554. The summed E-state index contributed by atoms with van der Waals surface area (Å²) < 4.78 is 0. The van der Waals surface area contributed by atoms with Crippen molar-refractivity contribution in [3.05, 3.63) is 6.92 Å². The van der Waals surface area contributed by atoms with Gasteiger partial charge in [0.15, 0.2) is 0 Å². The molecule has 0 amide bonds. The molecule has 1 heterocycles. The van der Waals surface area contributed by atoms with E-state index in [1.807, 2.05) is 5.06 Å². The highest BCUT2D eigenvalue weighted by atomic mass is 16.7. The van der Waals surface area contributed by atoms with Gasteiger partial charge < -0.3 is 0 Å². The second-order valence-electron chi connectivity index (χ2n) is 2.32. The Bertz CT molecular complexity index is 66.6. The van der Waals surface area contributed by atoms with Gasteiger partial charge in [0.05, 0.1) is 6.61 Å². The molecule has 0 saturated carbocycles. The number of hydroxylamine groups is 2. The summed E-state index contributed by atoms with van der Waals surface area (Å²) in [4.78, 5) is 5.20. The molecular formula is C7H14NO. The van der Waals surface area contributed by atoms with Crippen molar-refractivity contribution in [1.29, 1.82) is 0 Å². The van der Waals surface area contributed by atoms with Gasteiger partial charge in [-0.25, -0.2) is 0 Å². The highest BCUT2D eigenvalue weighted by Gasteiger charge is 2.08. The van der Waals surface area contributed by atoms with Crippen molar-refractivity contribution >= 4 is 0 Å². The Labute approximate surface area is 56.8 Å². The molecular weight excluding hydrogens is 114 g/mol. The highest BCUT2D eigenvalue weighted by molar-refractivity contribution is 4.56. The van der Waals surface area contributed by atoms with Gasteiger partial charge in [-0.3, -0.25) is 4.84 Å². The number of nitrogens with zero attached hydrogens (tertiary/aromatic N) is 1. The Morgan fingerprint density at radius 2 is 1.89 bits per heavy atom. The molecule has 1 rings (SSSR count). The first kappa shape index (κ1) is 7.03.